The van der Waals surface area contributed by atoms with Crippen LogP contribution in [0.4, 0.5) is 0 Å². The van der Waals surface area contributed by atoms with Crippen LogP contribution in [0.2, 0.25) is 0 Å². The van der Waals surface area contributed by atoms with Gasteiger partial charge in [-0.1, -0.05) is 23.9 Å². The lowest BCUT2D eigenvalue weighted by atomic mass is 10.2. The van der Waals surface area contributed by atoms with Gasteiger partial charge in [0.25, 0.3) is 5.91 Å². The topological polar surface area (TPSA) is 85.7 Å². The quantitative estimate of drug-likeness (QED) is 0.121. The highest BCUT2D eigenvalue weighted by molar-refractivity contribution is 14.1. The van der Waals surface area contributed by atoms with Crippen molar-refractivity contribution >= 4 is 46.5 Å². The van der Waals surface area contributed by atoms with Crippen molar-refractivity contribution < 1.29 is 14.3 Å². The number of benzene rings is 2. The summed E-state index contributed by atoms with van der Waals surface area (Å²) in [7, 11) is 0. The van der Waals surface area contributed by atoms with Gasteiger partial charge in [0.2, 0.25) is 0 Å². The number of ether oxygens (including phenoxy) is 2. The highest BCUT2D eigenvalue weighted by atomic mass is 127. The highest BCUT2D eigenvalue weighted by Crippen LogP contribution is 2.29. The zero-order chi connectivity index (χ0) is 23.6. The molecular weight excluding hydrogens is 551 g/mol. The lowest BCUT2D eigenvalue weighted by molar-refractivity contribution is -0.118. The first-order valence-electron chi connectivity index (χ1n) is 10.3. The van der Waals surface area contributed by atoms with Crippen LogP contribution in [0.3, 0.4) is 0 Å². The maximum atomic E-state index is 12.1. The van der Waals surface area contributed by atoms with Gasteiger partial charge >= 0.3 is 0 Å². The molecule has 0 spiro atoms. The monoisotopic (exact) mass is 576 g/mol. The molecule has 1 N–H and O–H groups in total. The highest BCUT2D eigenvalue weighted by Gasteiger charge is 2.08. The van der Waals surface area contributed by atoms with Gasteiger partial charge in [0.05, 0.1) is 18.6 Å². The Morgan fingerprint density at radius 3 is 2.48 bits per heavy atom. The summed E-state index contributed by atoms with van der Waals surface area (Å²) in [6.07, 6.45) is 1.57. The third kappa shape index (κ3) is 8.32. The van der Waals surface area contributed by atoms with Crippen molar-refractivity contribution in [2.24, 2.45) is 5.10 Å². The van der Waals surface area contributed by atoms with E-state index in [1.54, 1.807) is 6.21 Å². The Morgan fingerprint density at radius 2 is 1.79 bits per heavy atom. The molecule has 9 heteroatoms. The SMILES string of the molecule is CCOc1cc(/C=N\NC(=O)CSc2nc(C)cc(C)n2)ccc1OCc1ccc(I)cc1. The summed E-state index contributed by atoms with van der Waals surface area (Å²) >= 11 is 3.55. The van der Waals surface area contributed by atoms with E-state index < -0.39 is 0 Å². The van der Waals surface area contributed by atoms with Crippen LogP contribution >= 0.6 is 34.4 Å². The number of nitrogens with zero attached hydrogens (tertiary/aromatic N) is 3. The number of nitrogens with one attached hydrogen (secondary N) is 1. The van der Waals surface area contributed by atoms with Crippen molar-refractivity contribution in [1.29, 1.82) is 0 Å². The zero-order valence-electron chi connectivity index (χ0n) is 18.7. The first-order valence-corrected chi connectivity index (χ1v) is 12.4. The molecule has 0 unspecified atom stereocenters. The van der Waals surface area contributed by atoms with Gasteiger partial charge in [-0.05, 0) is 90.9 Å². The van der Waals surface area contributed by atoms with Gasteiger partial charge in [0, 0.05) is 15.0 Å². The molecule has 0 saturated carbocycles. The van der Waals surface area contributed by atoms with E-state index >= 15 is 0 Å². The average molecular weight is 576 g/mol. The third-order valence-electron chi connectivity index (χ3n) is 4.27. The maximum absolute atomic E-state index is 12.1. The van der Waals surface area contributed by atoms with Crippen LogP contribution in [0.1, 0.15) is 29.4 Å². The molecular formula is C24H25IN4O3S. The third-order valence-corrected chi connectivity index (χ3v) is 5.84. The fourth-order valence-corrected chi connectivity index (χ4v) is 3.93. The van der Waals surface area contributed by atoms with E-state index in [2.05, 4.69) is 43.1 Å². The van der Waals surface area contributed by atoms with E-state index in [9.17, 15) is 4.79 Å². The second kappa shape index (κ2) is 12.5. The summed E-state index contributed by atoms with van der Waals surface area (Å²) in [6, 6.07) is 15.6. The summed E-state index contributed by atoms with van der Waals surface area (Å²) in [5.74, 6) is 1.22. The van der Waals surface area contributed by atoms with Crippen LogP contribution in [-0.4, -0.2) is 34.4 Å². The molecule has 0 aliphatic heterocycles. The number of hydrogen-bond acceptors (Lipinski definition) is 7. The van der Waals surface area contributed by atoms with Crippen LogP contribution in [0.25, 0.3) is 0 Å². The Labute approximate surface area is 211 Å². The lowest BCUT2D eigenvalue weighted by Gasteiger charge is -2.12. The Kier molecular flexibility index (Phi) is 9.49. The molecule has 0 saturated heterocycles. The number of aromatic nitrogens is 2. The summed E-state index contributed by atoms with van der Waals surface area (Å²) in [4.78, 5) is 20.7. The number of halogens is 1. The minimum absolute atomic E-state index is 0.176. The number of hydrazone groups is 1. The molecule has 3 aromatic rings. The smallest absolute Gasteiger partial charge is 0.250 e. The van der Waals surface area contributed by atoms with Crippen molar-refractivity contribution in [3.05, 3.63) is 74.6 Å². The second-order valence-electron chi connectivity index (χ2n) is 7.07. The van der Waals surface area contributed by atoms with Crippen molar-refractivity contribution in [2.45, 2.75) is 32.5 Å². The Morgan fingerprint density at radius 1 is 1.06 bits per heavy atom. The Hall–Kier alpha value is -2.66. The normalized spacial score (nSPS) is 10.9. The van der Waals surface area contributed by atoms with Crippen LogP contribution in [0.5, 0.6) is 11.5 Å². The predicted molar refractivity (Wildman–Crippen MR) is 139 cm³/mol. The first kappa shape index (κ1) is 25.0. The lowest BCUT2D eigenvalue weighted by Crippen LogP contribution is -2.19. The zero-order valence-corrected chi connectivity index (χ0v) is 21.6. The molecule has 0 bridgehead atoms. The fraction of sp³-hybridized carbons (Fsp3) is 0.250. The van der Waals surface area contributed by atoms with E-state index in [1.807, 2.05) is 69.3 Å². The molecule has 0 radical (unpaired) electrons. The Balaban J connectivity index is 1.55. The van der Waals surface area contributed by atoms with Crippen LogP contribution in [-0.2, 0) is 11.4 Å². The van der Waals surface area contributed by atoms with Crippen molar-refractivity contribution in [3.63, 3.8) is 0 Å². The van der Waals surface area contributed by atoms with Crippen molar-refractivity contribution in [3.8, 4) is 11.5 Å². The van der Waals surface area contributed by atoms with Gasteiger partial charge in [-0.3, -0.25) is 4.79 Å². The van der Waals surface area contributed by atoms with Crippen LogP contribution < -0.4 is 14.9 Å². The van der Waals surface area contributed by atoms with E-state index in [0.717, 1.165) is 22.5 Å². The molecule has 7 nitrogen and oxygen atoms in total. The molecule has 3 rings (SSSR count). The second-order valence-corrected chi connectivity index (χ2v) is 9.26. The molecule has 0 fully saturated rings. The van der Waals surface area contributed by atoms with Gasteiger partial charge in [0.15, 0.2) is 16.7 Å². The minimum Gasteiger partial charge on any atom is -0.490 e. The number of rotatable bonds is 10. The molecule has 1 aromatic heterocycles. The molecule has 33 heavy (non-hydrogen) atoms. The summed E-state index contributed by atoms with van der Waals surface area (Å²) in [5.41, 5.74) is 6.14. The van der Waals surface area contributed by atoms with Gasteiger partial charge in [-0.2, -0.15) is 5.10 Å². The number of hydrogen-bond donors (Lipinski definition) is 1. The molecule has 0 aliphatic rings. The predicted octanol–water partition coefficient (Wildman–Crippen LogP) is 4.92. The van der Waals surface area contributed by atoms with E-state index in [-0.39, 0.29) is 11.7 Å². The number of amides is 1. The van der Waals surface area contributed by atoms with Gasteiger partial charge < -0.3 is 9.47 Å². The van der Waals surface area contributed by atoms with E-state index in [1.165, 1.54) is 15.3 Å². The van der Waals surface area contributed by atoms with Gasteiger partial charge in [-0.25, -0.2) is 15.4 Å². The number of thioether (sulfide) groups is 1. The van der Waals surface area contributed by atoms with Crippen LogP contribution in [0, 0.1) is 17.4 Å². The van der Waals surface area contributed by atoms with E-state index in [0.29, 0.717) is 29.9 Å². The number of carbonyl (C=O) groups excluding carboxylic acids is 1. The standard InChI is InChI=1S/C24H25IN4O3S/c1-4-31-22-12-19(7-10-21(22)32-14-18-5-8-20(25)9-6-18)13-26-29-23(30)15-33-24-27-16(2)11-17(3)28-24/h5-13H,4,14-15H2,1-3H3,(H,29,30)/b26-13-. The number of carbonyl (C=O) groups is 1. The molecule has 1 heterocycles. The average Bonchev–Trinajstić information content (AvgIpc) is 2.78. The molecule has 2 aromatic carbocycles. The minimum atomic E-state index is -0.235. The largest absolute Gasteiger partial charge is 0.490 e. The van der Waals surface area contributed by atoms with Crippen LogP contribution in [0.15, 0.2) is 58.8 Å². The molecule has 1 amide bonds. The summed E-state index contributed by atoms with van der Waals surface area (Å²) < 4.78 is 12.9. The van der Waals surface area contributed by atoms with Crippen molar-refractivity contribution in [2.75, 3.05) is 12.4 Å². The maximum Gasteiger partial charge on any atom is 0.250 e. The molecule has 0 aliphatic carbocycles. The van der Waals surface area contributed by atoms with Crippen molar-refractivity contribution in [1.82, 2.24) is 15.4 Å². The molecule has 0 atom stereocenters. The summed E-state index contributed by atoms with van der Waals surface area (Å²) in [5, 5.41) is 4.62. The Bertz CT molecular complexity index is 1100. The van der Waals surface area contributed by atoms with E-state index in [4.69, 9.17) is 9.47 Å². The number of aryl methyl sites for hydroxylation is 2. The van der Waals surface area contributed by atoms with Gasteiger partial charge in [0.1, 0.15) is 6.61 Å². The first-order chi connectivity index (χ1) is 15.9. The fourth-order valence-electron chi connectivity index (χ4n) is 2.83. The molecule has 172 valence electrons. The van der Waals surface area contributed by atoms with Gasteiger partial charge in [-0.15, -0.1) is 0 Å². The summed E-state index contributed by atoms with van der Waals surface area (Å²) in [6.45, 7) is 6.68.